The van der Waals surface area contributed by atoms with Crippen molar-refractivity contribution in [1.29, 1.82) is 0 Å². The number of carbonyl (C=O) groups is 1. The number of benzene rings is 1. The second kappa shape index (κ2) is 5.54. The van der Waals surface area contributed by atoms with Crippen LogP contribution in [0, 0.1) is 0 Å². The van der Waals surface area contributed by atoms with Gasteiger partial charge in [-0.2, -0.15) is 0 Å². The van der Waals surface area contributed by atoms with E-state index in [2.05, 4.69) is 4.98 Å². The van der Waals surface area contributed by atoms with Crippen LogP contribution in [0.5, 0.6) is 5.88 Å². The second-order valence-electron chi connectivity index (χ2n) is 4.92. The molecule has 2 aromatic rings. The highest BCUT2D eigenvalue weighted by Crippen LogP contribution is 2.31. The Balaban J connectivity index is 1.73. The normalized spacial score (nSPS) is 17.0. The third kappa shape index (κ3) is 2.48. The van der Waals surface area contributed by atoms with E-state index in [0.717, 1.165) is 5.56 Å². The number of aromatic nitrogens is 1. The molecule has 1 atom stereocenters. The molecule has 0 bridgehead atoms. The summed E-state index contributed by atoms with van der Waals surface area (Å²) in [5, 5.41) is 10.3. The van der Waals surface area contributed by atoms with Gasteiger partial charge in [-0.1, -0.05) is 18.2 Å². The van der Waals surface area contributed by atoms with Crippen LogP contribution >= 0.6 is 0 Å². The lowest BCUT2D eigenvalue weighted by Gasteiger charge is -2.20. The highest BCUT2D eigenvalue weighted by Gasteiger charge is 2.34. The van der Waals surface area contributed by atoms with Crippen LogP contribution in [0.2, 0.25) is 0 Å². The summed E-state index contributed by atoms with van der Waals surface area (Å²) in [7, 11) is 1.57. The minimum Gasteiger partial charge on any atom is -0.481 e. The highest BCUT2D eigenvalue weighted by atomic mass is 16.5. The smallest absolute Gasteiger partial charge is 0.256 e. The summed E-state index contributed by atoms with van der Waals surface area (Å²) in [5.74, 6) is 0.420. The Kier molecular flexibility index (Phi) is 3.58. The molecule has 5 heteroatoms. The summed E-state index contributed by atoms with van der Waals surface area (Å²) in [5.41, 5.74) is 2.27. The largest absolute Gasteiger partial charge is 0.481 e. The van der Waals surface area contributed by atoms with Gasteiger partial charge in [0.15, 0.2) is 6.23 Å². The SMILES string of the molecule is COc1cc(CCN2C(=O)c3ccccc3C2O)ccn1. The van der Waals surface area contributed by atoms with E-state index >= 15 is 0 Å². The van der Waals surface area contributed by atoms with Crippen molar-refractivity contribution in [3.8, 4) is 5.88 Å². The Hall–Kier alpha value is -2.40. The molecule has 1 aromatic carbocycles. The first-order valence-corrected chi connectivity index (χ1v) is 6.77. The summed E-state index contributed by atoms with van der Waals surface area (Å²) in [6.45, 7) is 0.446. The van der Waals surface area contributed by atoms with Crippen LogP contribution in [0.25, 0.3) is 0 Å². The van der Waals surface area contributed by atoms with Crippen LogP contribution in [-0.2, 0) is 6.42 Å². The number of fused-ring (bicyclic) bond motifs is 1. The molecule has 108 valence electrons. The second-order valence-corrected chi connectivity index (χ2v) is 4.92. The molecule has 0 saturated carbocycles. The number of carbonyl (C=O) groups excluding carboxylic acids is 1. The molecule has 1 aliphatic heterocycles. The van der Waals surface area contributed by atoms with E-state index in [9.17, 15) is 9.90 Å². The van der Waals surface area contributed by atoms with Crippen molar-refractivity contribution in [2.45, 2.75) is 12.6 Å². The van der Waals surface area contributed by atoms with Gasteiger partial charge < -0.3 is 14.7 Å². The van der Waals surface area contributed by atoms with Crippen molar-refractivity contribution in [1.82, 2.24) is 9.88 Å². The zero-order chi connectivity index (χ0) is 14.8. The van der Waals surface area contributed by atoms with Crippen molar-refractivity contribution in [3.63, 3.8) is 0 Å². The molecule has 0 saturated heterocycles. The van der Waals surface area contributed by atoms with E-state index in [4.69, 9.17) is 4.74 Å². The number of rotatable bonds is 4. The molecule has 21 heavy (non-hydrogen) atoms. The van der Waals surface area contributed by atoms with E-state index in [1.165, 1.54) is 4.90 Å². The molecule has 1 amide bonds. The van der Waals surface area contributed by atoms with Crippen LogP contribution < -0.4 is 4.74 Å². The maximum atomic E-state index is 12.3. The van der Waals surface area contributed by atoms with Gasteiger partial charge in [-0.3, -0.25) is 4.79 Å². The molecule has 1 aromatic heterocycles. The number of aliphatic hydroxyl groups is 1. The number of methoxy groups -OCH3 is 1. The van der Waals surface area contributed by atoms with Crippen LogP contribution in [0.3, 0.4) is 0 Å². The zero-order valence-electron chi connectivity index (χ0n) is 11.7. The number of hydrogen-bond acceptors (Lipinski definition) is 4. The molecule has 0 spiro atoms. The Morgan fingerprint density at radius 3 is 2.90 bits per heavy atom. The standard InChI is InChI=1S/C16H16N2O3/c1-21-14-10-11(6-8-17-14)7-9-18-15(19)12-4-2-3-5-13(12)16(18)20/h2-6,8,10,15,19H,7,9H2,1H3. The van der Waals surface area contributed by atoms with Crippen LogP contribution in [0.15, 0.2) is 42.6 Å². The quantitative estimate of drug-likeness (QED) is 0.929. The van der Waals surface area contributed by atoms with Gasteiger partial charge in [-0.15, -0.1) is 0 Å². The third-order valence-electron chi connectivity index (χ3n) is 3.68. The average molecular weight is 284 g/mol. The van der Waals surface area contributed by atoms with Gasteiger partial charge in [0.1, 0.15) is 0 Å². The monoisotopic (exact) mass is 284 g/mol. The number of aliphatic hydroxyl groups excluding tert-OH is 1. The van der Waals surface area contributed by atoms with Crippen molar-refractivity contribution in [2.24, 2.45) is 0 Å². The van der Waals surface area contributed by atoms with Crippen LogP contribution in [0.4, 0.5) is 0 Å². The molecule has 0 aliphatic carbocycles. The van der Waals surface area contributed by atoms with E-state index in [0.29, 0.717) is 30.0 Å². The molecular weight excluding hydrogens is 268 g/mol. The Bertz CT molecular complexity index is 672. The minimum absolute atomic E-state index is 0.126. The highest BCUT2D eigenvalue weighted by molar-refractivity contribution is 5.98. The van der Waals surface area contributed by atoms with Crippen LogP contribution in [0.1, 0.15) is 27.7 Å². The summed E-state index contributed by atoms with van der Waals surface area (Å²) in [6.07, 6.45) is 1.44. The predicted octanol–water partition coefficient (Wildman–Crippen LogP) is 1.78. The van der Waals surface area contributed by atoms with Gasteiger partial charge in [0.05, 0.1) is 7.11 Å². The summed E-state index contributed by atoms with van der Waals surface area (Å²) in [4.78, 5) is 17.8. The Morgan fingerprint density at radius 2 is 2.14 bits per heavy atom. The molecule has 0 fully saturated rings. The molecule has 1 unspecified atom stereocenters. The molecule has 2 heterocycles. The lowest BCUT2D eigenvalue weighted by atomic mass is 10.1. The van der Waals surface area contributed by atoms with Crippen LogP contribution in [-0.4, -0.2) is 34.6 Å². The van der Waals surface area contributed by atoms with Crippen molar-refractivity contribution in [2.75, 3.05) is 13.7 Å². The maximum Gasteiger partial charge on any atom is 0.256 e. The zero-order valence-corrected chi connectivity index (χ0v) is 11.7. The van der Waals surface area contributed by atoms with Gasteiger partial charge in [0.25, 0.3) is 5.91 Å². The number of nitrogens with zero attached hydrogens (tertiary/aromatic N) is 2. The van der Waals surface area contributed by atoms with Crippen molar-refractivity contribution < 1.29 is 14.6 Å². The molecule has 0 radical (unpaired) electrons. The lowest BCUT2D eigenvalue weighted by molar-refractivity contribution is 0.0182. The summed E-state index contributed by atoms with van der Waals surface area (Å²) in [6, 6.07) is 10.9. The van der Waals surface area contributed by atoms with E-state index in [1.807, 2.05) is 18.2 Å². The fraction of sp³-hybridized carbons (Fsp3) is 0.250. The maximum absolute atomic E-state index is 12.3. The van der Waals surface area contributed by atoms with Gasteiger partial charge in [-0.25, -0.2) is 4.98 Å². The fourth-order valence-corrected chi connectivity index (χ4v) is 2.54. The molecule has 1 aliphatic rings. The van der Waals surface area contributed by atoms with Gasteiger partial charge in [0.2, 0.25) is 5.88 Å². The number of pyridine rings is 1. The first-order chi connectivity index (χ1) is 10.2. The van der Waals surface area contributed by atoms with Crippen molar-refractivity contribution >= 4 is 5.91 Å². The third-order valence-corrected chi connectivity index (χ3v) is 3.68. The molecular formula is C16H16N2O3. The molecule has 3 rings (SSSR count). The summed E-state index contributed by atoms with van der Waals surface area (Å²) < 4.78 is 5.08. The number of ether oxygens (including phenoxy) is 1. The van der Waals surface area contributed by atoms with Gasteiger partial charge in [0, 0.05) is 29.9 Å². The van der Waals surface area contributed by atoms with Gasteiger partial charge in [-0.05, 0) is 24.1 Å². The lowest BCUT2D eigenvalue weighted by Crippen LogP contribution is -2.30. The Labute approximate surface area is 122 Å². The molecule has 5 nitrogen and oxygen atoms in total. The van der Waals surface area contributed by atoms with E-state index < -0.39 is 6.23 Å². The topological polar surface area (TPSA) is 62.7 Å². The predicted molar refractivity (Wildman–Crippen MR) is 76.9 cm³/mol. The number of hydrogen-bond donors (Lipinski definition) is 1. The number of amides is 1. The molecule has 1 N–H and O–H groups in total. The van der Waals surface area contributed by atoms with Crippen molar-refractivity contribution in [3.05, 3.63) is 59.3 Å². The van der Waals surface area contributed by atoms with Gasteiger partial charge >= 0.3 is 0 Å². The Morgan fingerprint density at radius 1 is 1.33 bits per heavy atom. The fourth-order valence-electron chi connectivity index (χ4n) is 2.54. The first-order valence-electron chi connectivity index (χ1n) is 6.77. The minimum atomic E-state index is -0.863. The first kappa shape index (κ1) is 13.6. The van der Waals surface area contributed by atoms with E-state index in [1.54, 1.807) is 31.5 Å². The van der Waals surface area contributed by atoms with E-state index in [-0.39, 0.29) is 5.91 Å². The summed E-state index contributed by atoms with van der Waals surface area (Å²) >= 11 is 0. The average Bonchev–Trinajstić information content (AvgIpc) is 2.78.